The van der Waals surface area contributed by atoms with Gasteiger partial charge in [0.05, 0.1) is 44.8 Å². The zero-order valence-electron chi connectivity index (χ0n) is 20.4. The fraction of sp³-hybridized carbons (Fsp3) is 0.231. The summed E-state index contributed by atoms with van der Waals surface area (Å²) in [6, 6.07) is 19.8. The summed E-state index contributed by atoms with van der Waals surface area (Å²) in [6.45, 7) is 4.71. The number of fused-ring (bicyclic) bond motifs is 1. The lowest BCUT2D eigenvalue weighted by Gasteiger charge is -2.46. The topological polar surface area (TPSA) is 58.3 Å². The van der Waals surface area contributed by atoms with Crippen LogP contribution in [0, 0.1) is 6.92 Å². The molecule has 1 fully saturated rings. The number of para-hydroxylation sites is 1. The first kappa shape index (κ1) is 24.9. The predicted octanol–water partition coefficient (Wildman–Crippen LogP) is 6.89. The Labute approximate surface area is 230 Å². The molecule has 0 radical (unpaired) electrons. The highest BCUT2D eigenvalue weighted by Gasteiger charge is 2.46. The van der Waals surface area contributed by atoms with Crippen LogP contribution >= 0.6 is 41.9 Å². The lowest BCUT2D eigenvalue weighted by Crippen LogP contribution is -2.45. The zero-order valence-corrected chi connectivity index (χ0v) is 23.6. The average molecular weight is 571 g/mol. The van der Waals surface area contributed by atoms with Crippen LogP contribution in [0.1, 0.15) is 10.6 Å². The fourth-order valence-electron chi connectivity index (χ4n) is 4.85. The summed E-state index contributed by atoms with van der Waals surface area (Å²) in [4.78, 5) is 6.30. The Balaban J connectivity index is 1.74. The first-order valence-corrected chi connectivity index (χ1v) is 15.2. The molecule has 11 heteroatoms. The number of hydrogen-bond donors (Lipinski definition) is 0. The third kappa shape index (κ3) is 4.16. The number of aryl methyl sites for hydroxylation is 1. The van der Waals surface area contributed by atoms with Gasteiger partial charge in [-0.3, -0.25) is 0 Å². The number of rotatable bonds is 4. The molecule has 2 aliphatic rings. The van der Waals surface area contributed by atoms with Gasteiger partial charge >= 0.3 is 0 Å². The summed E-state index contributed by atoms with van der Waals surface area (Å²) in [5, 5.41) is 9.13. The van der Waals surface area contributed by atoms with Crippen LogP contribution in [-0.2, 0) is 4.74 Å². The fourth-order valence-corrected chi connectivity index (χ4v) is 10.1. The molecule has 0 N–H and O–H groups in total. The lowest BCUT2D eigenvalue weighted by atomic mass is 10.3. The molecule has 0 spiro atoms. The van der Waals surface area contributed by atoms with Crippen molar-refractivity contribution in [1.29, 1.82) is 0 Å². The van der Waals surface area contributed by atoms with Crippen LogP contribution in [-0.4, -0.2) is 58.3 Å². The Morgan fingerprint density at radius 2 is 1.70 bits per heavy atom. The van der Waals surface area contributed by atoms with E-state index in [4.69, 9.17) is 42.8 Å². The minimum atomic E-state index is -2.72. The van der Waals surface area contributed by atoms with E-state index in [1.54, 1.807) is 11.3 Å². The van der Waals surface area contributed by atoms with Gasteiger partial charge in [-0.1, -0.05) is 53.5 Å². The van der Waals surface area contributed by atoms with Gasteiger partial charge in [0.25, 0.3) is 0 Å². The number of benzene rings is 2. The molecule has 37 heavy (non-hydrogen) atoms. The van der Waals surface area contributed by atoms with Crippen LogP contribution in [0.25, 0.3) is 5.69 Å². The summed E-state index contributed by atoms with van der Waals surface area (Å²) in [5.74, 6) is 1.64. The van der Waals surface area contributed by atoms with Crippen molar-refractivity contribution in [3.05, 3.63) is 86.7 Å². The van der Waals surface area contributed by atoms with Gasteiger partial charge in [0.1, 0.15) is 5.69 Å². The van der Waals surface area contributed by atoms with E-state index >= 15 is 0 Å². The van der Waals surface area contributed by atoms with Crippen molar-refractivity contribution >= 4 is 64.5 Å². The molecular formula is C26H25Cl2N6OPS. The number of ether oxygens (including phenoxy) is 1. The highest BCUT2D eigenvalue weighted by atomic mass is 35.5. The molecule has 0 bridgehead atoms. The van der Waals surface area contributed by atoms with Gasteiger partial charge in [-0.2, -0.15) is 5.10 Å². The highest BCUT2D eigenvalue weighted by molar-refractivity contribution is 7.70. The van der Waals surface area contributed by atoms with Crippen molar-refractivity contribution in [2.24, 2.45) is 9.74 Å². The Morgan fingerprint density at radius 3 is 2.38 bits per heavy atom. The van der Waals surface area contributed by atoms with E-state index in [1.807, 2.05) is 66.2 Å². The van der Waals surface area contributed by atoms with Crippen molar-refractivity contribution in [1.82, 2.24) is 19.1 Å². The van der Waals surface area contributed by atoms with Crippen LogP contribution in [0.3, 0.4) is 0 Å². The van der Waals surface area contributed by atoms with Crippen LogP contribution in [0.5, 0.6) is 0 Å². The number of amidine groups is 1. The van der Waals surface area contributed by atoms with E-state index in [0.717, 1.165) is 46.3 Å². The maximum Gasteiger partial charge on any atom is 0.170 e. The first-order valence-electron chi connectivity index (χ1n) is 11.9. The summed E-state index contributed by atoms with van der Waals surface area (Å²) in [5.41, 5.74) is 2.41. The molecule has 2 aromatic carbocycles. The molecule has 1 atom stereocenters. The number of aromatic nitrogens is 2. The molecule has 0 amide bonds. The molecule has 190 valence electrons. The number of thiophene rings is 1. The van der Waals surface area contributed by atoms with E-state index < -0.39 is 7.36 Å². The van der Waals surface area contributed by atoms with E-state index in [1.165, 1.54) is 0 Å². The van der Waals surface area contributed by atoms with Crippen LogP contribution in [0.4, 0.5) is 11.5 Å². The van der Waals surface area contributed by atoms with Gasteiger partial charge in [-0.15, -0.1) is 11.3 Å². The van der Waals surface area contributed by atoms with E-state index in [9.17, 15) is 0 Å². The summed E-state index contributed by atoms with van der Waals surface area (Å²) < 4.78 is 17.9. The largest absolute Gasteiger partial charge is 0.379 e. The molecule has 2 aromatic heterocycles. The van der Waals surface area contributed by atoms with Crippen molar-refractivity contribution in [2.75, 3.05) is 33.4 Å². The van der Waals surface area contributed by atoms with Crippen molar-refractivity contribution in [3.8, 4) is 5.69 Å². The predicted molar refractivity (Wildman–Crippen MR) is 154 cm³/mol. The van der Waals surface area contributed by atoms with Gasteiger partial charge in [-0.05, 0) is 42.6 Å². The van der Waals surface area contributed by atoms with Gasteiger partial charge in [0.15, 0.2) is 19.0 Å². The van der Waals surface area contributed by atoms with Gasteiger partial charge < -0.3 is 9.41 Å². The van der Waals surface area contributed by atoms with Gasteiger partial charge in [0, 0.05) is 20.1 Å². The zero-order chi connectivity index (χ0) is 25.6. The second-order valence-electron chi connectivity index (χ2n) is 8.75. The molecule has 1 unspecified atom stereocenters. The normalized spacial score (nSPS) is 20.0. The molecule has 4 heterocycles. The Hall–Kier alpha value is -2.45. The third-order valence-electron chi connectivity index (χ3n) is 6.54. The first-order chi connectivity index (χ1) is 18.0. The summed E-state index contributed by atoms with van der Waals surface area (Å²) in [7, 11) is -0.640. The van der Waals surface area contributed by atoms with Crippen molar-refractivity contribution in [3.63, 3.8) is 0 Å². The Bertz CT molecular complexity index is 1510. The molecule has 2 aliphatic heterocycles. The Morgan fingerprint density at radius 1 is 0.973 bits per heavy atom. The summed E-state index contributed by atoms with van der Waals surface area (Å²) >= 11 is 15.1. The van der Waals surface area contributed by atoms with Crippen LogP contribution in [0.2, 0.25) is 10.0 Å². The SMILES string of the molecule is Cc1nn(-c2ccccc2)c2c1P(=Nc1c(Cl)cccc1Cl)(N1CCOCC1)N(C)C(c1cccs1)=N2. The number of aliphatic imine (C=N–C) groups is 1. The quantitative estimate of drug-likeness (QED) is 0.250. The number of nitrogens with zero attached hydrogens (tertiary/aromatic N) is 6. The summed E-state index contributed by atoms with van der Waals surface area (Å²) in [6.07, 6.45) is 0. The number of morpholine rings is 1. The number of halogens is 2. The van der Waals surface area contributed by atoms with Crippen molar-refractivity contribution < 1.29 is 4.74 Å². The Kier molecular flexibility index (Phi) is 6.74. The maximum atomic E-state index is 6.73. The third-order valence-corrected chi connectivity index (χ3v) is 11.8. The monoisotopic (exact) mass is 570 g/mol. The smallest absolute Gasteiger partial charge is 0.170 e. The average Bonchev–Trinajstić information content (AvgIpc) is 3.57. The molecule has 1 saturated heterocycles. The standard InChI is InChI=1S/C26H25Cl2N6OPS/c1-18-24-26(34(30-18)19-8-4-3-5-9-19)29-25(22-12-7-17-37-22)32(2)36(24,33-13-15-35-16-14-33)31-23-20(27)10-6-11-21(23)28/h3-12,17H,13-16H2,1-2H3. The highest BCUT2D eigenvalue weighted by Crippen LogP contribution is 2.63. The van der Waals surface area contributed by atoms with E-state index in [-0.39, 0.29) is 0 Å². The van der Waals surface area contributed by atoms with Crippen LogP contribution < -0.4 is 5.30 Å². The second kappa shape index (κ2) is 10.0. The molecule has 6 rings (SSSR count). The molecule has 7 nitrogen and oxygen atoms in total. The van der Waals surface area contributed by atoms with Gasteiger partial charge in [0.2, 0.25) is 0 Å². The second-order valence-corrected chi connectivity index (χ2v) is 13.5. The molecular weight excluding hydrogens is 546 g/mol. The van der Waals surface area contributed by atoms with Crippen molar-refractivity contribution in [2.45, 2.75) is 6.92 Å². The lowest BCUT2D eigenvalue weighted by molar-refractivity contribution is 0.0732. The minimum Gasteiger partial charge on any atom is -0.379 e. The molecule has 4 aromatic rings. The van der Waals surface area contributed by atoms with E-state index in [0.29, 0.717) is 28.9 Å². The molecule has 0 saturated carbocycles. The minimum absolute atomic E-state index is 0.517. The maximum absolute atomic E-state index is 6.73. The molecule has 0 aliphatic carbocycles. The van der Waals surface area contributed by atoms with Crippen LogP contribution in [0.15, 0.2) is 75.8 Å². The number of hydrogen-bond acceptors (Lipinski definition) is 5. The van der Waals surface area contributed by atoms with Gasteiger partial charge in [-0.25, -0.2) is 19.1 Å². The van der Waals surface area contributed by atoms with E-state index in [2.05, 4.69) is 27.8 Å².